The molecular formula is C12H14N2S. The summed E-state index contributed by atoms with van der Waals surface area (Å²) in [7, 11) is 1.93. The number of nitrogens with one attached hydrogen (secondary N) is 1. The summed E-state index contributed by atoms with van der Waals surface area (Å²) < 4.78 is 0. The van der Waals surface area contributed by atoms with Crippen LogP contribution < -0.4 is 5.32 Å². The highest BCUT2D eigenvalue weighted by atomic mass is 32.1. The van der Waals surface area contributed by atoms with E-state index in [1.807, 2.05) is 13.1 Å². The van der Waals surface area contributed by atoms with E-state index in [9.17, 15) is 0 Å². The minimum atomic E-state index is 1.01. The molecule has 1 aromatic heterocycles. The van der Waals surface area contributed by atoms with Crippen LogP contribution >= 0.6 is 11.3 Å². The van der Waals surface area contributed by atoms with Gasteiger partial charge in [0.15, 0.2) is 0 Å². The number of nitrogens with zero attached hydrogens (tertiary/aromatic N) is 1. The normalized spacial score (nSPS) is 10.3. The third-order valence-electron chi connectivity index (χ3n) is 2.30. The summed E-state index contributed by atoms with van der Waals surface area (Å²) in [6, 6.07) is 8.31. The number of thiazole rings is 1. The summed E-state index contributed by atoms with van der Waals surface area (Å²) in [6.07, 6.45) is 1.01. The third-order valence-corrected chi connectivity index (χ3v) is 3.29. The standard InChI is InChI=1S/C12H14N2S/c1-3-12-14-11(8-15-12)9-5-4-6-10(7-9)13-2/h4-8,13H,3H2,1-2H3. The average molecular weight is 218 g/mol. The van der Waals surface area contributed by atoms with Gasteiger partial charge >= 0.3 is 0 Å². The fourth-order valence-corrected chi connectivity index (χ4v) is 2.19. The molecule has 2 nitrogen and oxygen atoms in total. The van der Waals surface area contributed by atoms with Gasteiger partial charge in [-0.05, 0) is 18.6 Å². The van der Waals surface area contributed by atoms with Gasteiger partial charge in [0.25, 0.3) is 0 Å². The lowest BCUT2D eigenvalue weighted by Crippen LogP contribution is -1.88. The van der Waals surface area contributed by atoms with Gasteiger partial charge in [-0.25, -0.2) is 4.98 Å². The SMILES string of the molecule is CCc1nc(-c2cccc(NC)c2)cs1. The molecule has 1 heterocycles. The Morgan fingerprint density at radius 3 is 2.93 bits per heavy atom. The number of hydrogen-bond acceptors (Lipinski definition) is 3. The van der Waals surface area contributed by atoms with E-state index in [0.717, 1.165) is 17.8 Å². The lowest BCUT2D eigenvalue weighted by atomic mass is 10.1. The Kier molecular flexibility index (Phi) is 3.02. The number of aryl methyl sites for hydroxylation is 1. The lowest BCUT2D eigenvalue weighted by Gasteiger charge is -2.01. The molecule has 2 rings (SSSR count). The number of aromatic nitrogens is 1. The molecule has 78 valence electrons. The van der Waals surface area contributed by atoms with Gasteiger partial charge < -0.3 is 5.32 Å². The molecule has 2 aromatic rings. The maximum absolute atomic E-state index is 4.57. The minimum Gasteiger partial charge on any atom is -0.388 e. The molecule has 0 aliphatic rings. The summed E-state index contributed by atoms with van der Waals surface area (Å²) in [5.41, 5.74) is 3.38. The molecule has 1 aromatic carbocycles. The van der Waals surface area contributed by atoms with Crippen LogP contribution in [0, 0.1) is 0 Å². The van der Waals surface area contributed by atoms with Gasteiger partial charge in [0.2, 0.25) is 0 Å². The fourth-order valence-electron chi connectivity index (χ4n) is 1.44. The Balaban J connectivity index is 2.35. The quantitative estimate of drug-likeness (QED) is 0.854. The largest absolute Gasteiger partial charge is 0.388 e. The number of benzene rings is 1. The highest BCUT2D eigenvalue weighted by molar-refractivity contribution is 7.09. The molecule has 0 atom stereocenters. The first-order chi connectivity index (χ1) is 7.33. The topological polar surface area (TPSA) is 24.9 Å². The summed E-state index contributed by atoms with van der Waals surface area (Å²) in [6.45, 7) is 2.13. The molecular weight excluding hydrogens is 204 g/mol. The smallest absolute Gasteiger partial charge is 0.0929 e. The van der Waals surface area contributed by atoms with Crippen molar-refractivity contribution in [1.82, 2.24) is 4.98 Å². The van der Waals surface area contributed by atoms with Gasteiger partial charge in [0.1, 0.15) is 0 Å². The van der Waals surface area contributed by atoms with Crippen molar-refractivity contribution in [2.45, 2.75) is 13.3 Å². The van der Waals surface area contributed by atoms with Crippen molar-refractivity contribution in [2.24, 2.45) is 0 Å². The maximum atomic E-state index is 4.57. The van der Waals surface area contributed by atoms with Crippen molar-refractivity contribution in [2.75, 3.05) is 12.4 Å². The van der Waals surface area contributed by atoms with E-state index in [1.165, 1.54) is 10.6 Å². The van der Waals surface area contributed by atoms with Crippen LogP contribution in [0.4, 0.5) is 5.69 Å². The van der Waals surface area contributed by atoms with E-state index in [1.54, 1.807) is 11.3 Å². The van der Waals surface area contributed by atoms with E-state index in [-0.39, 0.29) is 0 Å². The first-order valence-electron chi connectivity index (χ1n) is 5.06. The average Bonchev–Trinajstić information content (AvgIpc) is 2.78. The predicted molar refractivity (Wildman–Crippen MR) is 66.5 cm³/mol. The monoisotopic (exact) mass is 218 g/mol. The Morgan fingerprint density at radius 1 is 1.40 bits per heavy atom. The van der Waals surface area contributed by atoms with E-state index in [0.29, 0.717) is 0 Å². The van der Waals surface area contributed by atoms with Crippen molar-refractivity contribution < 1.29 is 0 Å². The van der Waals surface area contributed by atoms with Crippen molar-refractivity contribution in [3.8, 4) is 11.3 Å². The van der Waals surface area contributed by atoms with Gasteiger partial charge in [-0.2, -0.15) is 0 Å². The van der Waals surface area contributed by atoms with Crippen LogP contribution in [0.3, 0.4) is 0 Å². The second kappa shape index (κ2) is 4.45. The molecule has 0 saturated heterocycles. The van der Waals surface area contributed by atoms with Crippen molar-refractivity contribution >= 4 is 17.0 Å². The van der Waals surface area contributed by atoms with Crippen molar-refractivity contribution in [1.29, 1.82) is 0 Å². The second-order valence-corrected chi connectivity index (χ2v) is 4.25. The summed E-state index contributed by atoms with van der Waals surface area (Å²) in [5, 5.41) is 6.45. The van der Waals surface area contributed by atoms with Gasteiger partial charge in [0.05, 0.1) is 10.7 Å². The van der Waals surface area contributed by atoms with E-state index in [4.69, 9.17) is 0 Å². The Hall–Kier alpha value is -1.35. The molecule has 0 saturated carbocycles. The molecule has 0 radical (unpaired) electrons. The van der Waals surface area contributed by atoms with Crippen LogP contribution in [0.1, 0.15) is 11.9 Å². The van der Waals surface area contributed by atoms with Crippen LogP contribution in [-0.2, 0) is 6.42 Å². The maximum Gasteiger partial charge on any atom is 0.0929 e. The van der Waals surface area contributed by atoms with E-state index >= 15 is 0 Å². The Bertz CT molecular complexity index is 448. The first-order valence-corrected chi connectivity index (χ1v) is 5.94. The van der Waals surface area contributed by atoms with Crippen LogP contribution in [-0.4, -0.2) is 12.0 Å². The minimum absolute atomic E-state index is 1.01. The number of rotatable bonds is 3. The molecule has 0 fully saturated rings. The van der Waals surface area contributed by atoms with Gasteiger partial charge in [-0.1, -0.05) is 19.1 Å². The molecule has 0 amide bonds. The second-order valence-electron chi connectivity index (χ2n) is 3.31. The zero-order valence-corrected chi connectivity index (χ0v) is 9.77. The van der Waals surface area contributed by atoms with E-state index < -0.39 is 0 Å². The predicted octanol–water partition coefficient (Wildman–Crippen LogP) is 3.41. The van der Waals surface area contributed by atoms with Gasteiger partial charge in [-0.3, -0.25) is 0 Å². The number of anilines is 1. The Morgan fingerprint density at radius 2 is 2.27 bits per heavy atom. The van der Waals surface area contributed by atoms with Crippen molar-refractivity contribution in [3.05, 3.63) is 34.7 Å². The summed E-state index contributed by atoms with van der Waals surface area (Å²) in [4.78, 5) is 4.57. The number of hydrogen-bond donors (Lipinski definition) is 1. The van der Waals surface area contributed by atoms with Crippen LogP contribution in [0.25, 0.3) is 11.3 Å². The fraction of sp³-hybridized carbons (Fsp3) is 0.250. The highest BCUT2D eigenvalue weighted by Gasteiger charge is 2.03. The zero-order valence-electron chi connectivity index (χ0n) is 8.95. The molecule has 0 spiro atoms. The highest BCUT2D eigenvalue weighted by Crippen LogP contribution is 2.24. The van der Waals surface area contributed by atoms with Crippen LogP contribution in [0.15, 0.2) is 29.6 Å². The summed E-state index contributed by atoms with van der Waals surface area (Å²) in [5.74, 6) is 0. The van der Waals surface area contributed by atoms with Crippen LogP contribution in [0.5, 0.6) is 0 Å². The molecule has 15 heavy (non-hydrogen) atoms. The molecule has 0 aliphatic heterocycles. The molecule has 0 unspecified atom stereocenters. The molecule has 3 heteroatoms. The van der Waals surface area contributed by atoms with Crippen molar-refractivity contribution in [3.63, 3.8) is 0 Å². The zero-order chi connectivity index (χ0) is 10.7. The Labute approximate surface area is 94.0 Å². The van der Waals surface area contributed by atoms with E-state index in [2.05, 4.69) is 40.8 Å². The third kappa shape index (κ3) is 2.18. The van der Waals surface area contributed by atoms with Gasteiger partial charge in [0, 0.05) is 23.7 Å². The molecule has 0 bridgehead atoms. The molecule has 1 N–H and O–H groups in total. The molecule has 0 aliphatic carbocycles. The summed E-state index contributed by atoms with van der Waals surface area (Å²) >= 11 is 1.73. The van der Waals surface area contributed by atoms with Crippen LogP contribution in [0.2, 0.25) is 0 Å². The lowest BCUT2D eigenvalue weighted by molar-refractivity contribution is 1.10. The first kappa shape index (κ1) is 10.2. The van der Waals surface area contributed by atoms with Gasteiger partial charge in [-0.15, -0.1) is 11.3 Å².